The highest BCUT2D eigenvalue weighted by molar-refractivity contribution is 6.05. The summed E-state index contributed by atoms with van der Waals surface area (Å²) in [5, 5.41) is 6.82. The zero-order valence-corrected chi connectivity index (χ0v) is 12.8. The minimum absolute atomic E-state index is 0.00962. The molecule has 1 atom stereocenters. The molecule has 0 aliphatic carbocycles. The number of hydrogen-bond donors (Lipinski definition) is 1. The third-order valence-corrected chi connectivity index (χ3v) is 3.79. The summed E-state index contributed by atoms with van der Waals surface area (Å²) in [7, 11) is 0. The third kappa shape index (κ3) is 3.47. The van der Waals surface area contributed by atoms with E-state index in [9.17, 15) is 9.59 Å². The Morgan fingerprint density at radius 3 is 2.67 bits per heavy atom. The number of aryl methyl sites for hydroxylation is 1. The Morgan fingerprint density at radius 1 is 1.38 bits per heavy atom. The highest BCUT2D eigenvalue weighted by atomic mass is 16.5. The van der Waals surface area contributed by atoms with Crippen LogP contribution in [0.25, 0.3) is 0 Å². The van der Waals surface area contributed by atoms with Crippen molar-refractivity contribution >= 4 is 11.8 Å². The van der Waals surface area contributed by atoms with E-state index in [-0.39, 0.29) is 24.3 Å². The number of carbonyl (C=O) groups is 2. The fraction of sp³-hybridized carbons (Fsp3) is 0.714. The van der Waals surface area contributed by atoms with Crippen molar-refractivity contribution in [3.63, 3.8) is 0 Å². The molecule has 116 valence electrons. The molecule has 0 radical (unpaired) electrons. The summed E-state index contributed by atoms with van der Waals surface area (Å²) in [5.41, 5.74) is 0. The molecule has 1 unspecified atom stereocenters. The number of imide groups is 1. The van der Waals surface area contributed by atoms with Gasteiger partial charge in [-0.15, -0.1) is 0 Å². The summed E-state index contributed by atoms with van der Waals surface area (Å²) < 4.78 is 5.01. The van der Waals surface area contributed by atoms with Crippen molar-refractivity contribution in [3.05, 3.63) is 11.7 Å². The van der Waals surface area contributed by atoms with Crippen LogP contribution in [0.3, 0.4) is 0 Å². The second kappa shape index (κ2) is 6.80. The average molecular weight is 294 g/mol. The van der Waals surface area contributed by atoms with Gasteiger partial charge in [0.2, 0.25) is 17.7 Å². The predicted octanol–water partition coefficient (Wildman–Crippen LogP) is 0.826. The first-order chi connectivity index (χ1) is 10.1. The predicted molar refractivity (Wildman–Crippen MR) is 75.4 cm³/mol. The number of carbonyl (C=O) groups excluding carboxylic acids is 2. The molecular formula is C14H22N4O3. The van der Waals surface area contributed by atoms with Crippen molar-refractivity contribution < 1.29 is 14.1 Å². The lowest BCUT2D eigenvalue weighted by Gasteiger charge is -2.24. The lowest BCUT2D eigenvalue weighted by Crippen LogP contribution is -2.44. The Hall–Kier alpha value is -1.76. The van der Waals surface area contributed by atoms with Gasteiger partial charge in [-0.25, -0.2) is 0 Å². The second-order valence-electron chi connectivity index (χ2n) is 5.27. The lowest BCUT2D eigenvalue weighted by molar-refractivity contribution is -0.141. The van der Waals surface area contributed by atoms with Gasteiger partial charge < -0.3 is 9.84 Å². The molecule has 2 amide bonds. The Morgan fingerprint density at radius 2 is 2.10 bits per heavy atom. The Bertz CT molecular complexity index is 510. The number of aromatic nitrogens is 2. The van der Waals surface area contributed by atoms with E-state index >= 15 is 0 Å². The molecule has 7 heteroatoms. The van der Waals surface area contributed by atoms with Crippen LogP contribution in [0.1, 0.15) is 44.8 Å². The van der Waals surface area contributed by atoms with Gasteiger partial charge >= 0.3 is 0 Å². The van der Waals surface area contributed by atoms with E-state index in [0.29, 0.717) is 24.7 Å². The molecule has 0 spiro atoms. The molecular weight excluding hydrogens is 272 g/mol. The van der Waals surface area contributed by atoms with Crippen molar-refractivity contribution in [1.82, 2.24) is 20.4 Å². The normalized spacial score (nSPS) is 19.0. The fourth-order valence-corrected chi connectivity index (χ4v) is 2.64. The molecule has 1 aromatic heterocycles. The van der Waals surface area contributed by atoms with Gasteiger partial charge in [-0.2, -0.15) is 4.98 Å². The number of rotatable bonds is 7. The number of nitrogens with one attached hydrogen (secondary N) is 1. The van der Waals surface area contributed by atoms with Gasteiger partial charge in [0.15, 0.2) is 5.82 Å². The van der Waals surface area contributed by atoms with Crippen LogP contribution in [0.5, 0.6) is 0 Å². The average Bonchev–Trinajstić information content (AvgIpc) is 2.98. The SMILES string of the molecule is CCC(CC)N1C(=O)CC(NCCc2nc(C)no2)C1=O. The van der Waals surface area contributed by atoms with Crippen LogP contribution in [0.15, 0.2) is 4.52 Å². The van der Waals surface area contributed by atoms with Gasteiger partial charge in [-0.3, -0.25) is 14.5 Å². The number of hydrogen-bond acceptors (Lipinski definition) is 6. The van der Waals surface area contributed by atoms with Crippen molar-refractivity contribution in [1.29, 1.82) is 0 Å². The highest BCUT2D eigenvalue weighted by Gasteiger charge is 2.40. The number of nitrogens with zero attached hydrogens (tertiary/aromatic N) is 3. The summed E-state index contributed by atoms with van der Waals surface area (Å²) in [4.78, 5) is 29.9. The molecule has 0 aromatic carbocycles. The van der Waals surface area contributed by atoms with E-state index < -0.39 is 6.04 Å². The van der Waals surface area contributed by atoms with E-state index in [4.69, 9.17) is 4.52 Å². The van der Waals surface area contributed by atoms with E-state index in [1.807, 2.05) is 13.8 Å². The number of likely N-dealkylation sites (tertiary alicyclic amines) is 1. The van der Waals surface area contributed by atoms with Gasteiger partial charge in [0.05, 0.1) is 12.5 Å². The summed E-state index contributed by atoms with van der Waals surface area (Å²) in [6.45, 7) is 6.27. The highest BCUT2D eigenvalue weighted by Crippen LogP contribution is 2.20. The topological polar surface area (TPSA) is 88.3 Å². The van der Waals surface area contributed by atoms with E-state index in [0.717, 1.165) is 12.8 Å². The maximum atomic E-state index is 12.3. The van der Waals surface area contributed by atoms with Gasteiger partial charge in [0, 0.05) is 19.0 Å². The van der Waals surface area contributed by atoms with E-state index in [1.54, 1.807) is 6.92 Å². The maximum Gasteiger partial charge on any atom is 0.247 e. The first-order valence-electron chi connectivity index (χ1n) is 7.45. The van der Waals surface area contributed by atoms with Crippen LogP contribution in [0, 0.1) is 6.92 Å². The van der Waals surface area contributed by atoms with Crippen LogP contribution in [-0.2, 0) is 16.0 Å². The quantitative estimate of drug-likeness (QED) is 0.749. The lowest BCUT2D eigenvalue weighted by atomic mass is 10.1. The van der Waals surface area contributed by atoms with Crippen molar-refractivity contribution in [3.8, 4) is 0 Å². The molecule has 2 rings (SSSR count). The van der Waals surface area contributed by atoms with Crippen LogP contribution in [0.4, 0.5) is 0 Å². The summed E-state index contributed by atoms with van der Waals surface area (Å²) in [5.74, 6) is 0.931. The third-order valence-electron chi connectivity index (χ3n) is 3.79. The molecule has 21 heavy (non-hydrogen) atoms. The summed E-state index contributed by atoms with van der Waals surface area (Å²) in [6.07, 6.45) is 2.37. The van der Waals surface area contributed by atoms with Gasteiger partial charge in [-0.05, 0) is 19.8 Å². The molecule has 7 nitrogen and oxygen atoms in total. The molecule has 1 saturated heterocycles. The van der Waals surface area contributed by atoms with Crippen LogP contribution in [-0.4, -0.2) is 45.5 Å². The van der Waals surface area contributed by atoms with Crippen molar-refractivity contribution in [2.24, 2.45) is 0 Å². The smallest absolute Gasteiger partial charge is 0.247 e. The van der Waals surface area contributed by atoms with Gasteiger partial charge in [0.1, 0.15) is 0 Å². The van der Waals surface area contributed by atoms with Crippen LogP contribution < -0.4 is 5.32 Å². The molecule has 0 bridgehead atoms. The molecule has 0 saturated carbocycles. The summed E-state index contributed by atoms with van der Waals surface area (Å²) >= 11 is 0. The van der Waals surface area contributed by atoms with Gasteiger partial charge in [0.25, 0.3) is 0 Å². The van der Waals surface area contributed by atoms with Crippen LogP contribution in [0.2, 0.25) is 0 Å². The minimum Gasteiger partial charge on any atom is -0.339 e. The van der Waals surface area contributed by atoms with E-state index in [1.165, 1.54) is 4.90 Å². The second-order valence-corrected chi connectivity index (χ2v) is 5.27. The fourth-order valence-electron chi connectivity index (χ4n) is 2.64. The van der Waals surface area contributed by atoms with Crippen LogP contribution >= 0.6 is 0 Å². The largest absolute Gasteiger partial charge is 0.339 e. The molecule has 1 aliphatic rings. The zero-order valence-electron chi connectivity index (χ0n) is 12.8. The molecule has 1 N–H and O–H groups in total. The Balaban J connectivity index is 1.87. The maximum absolute atomic E-state index is 12.3. The first kappa shape index (κ1) is 15.6. The summed E-state index contributed by atoms with van der Waals surface area (Å²) in [6, 6.07) is -0.419. The monoisotopic (exact) mass is 294 g/mol. The van der Waals surface area contributed by atoms with E-state index in [2.05, 4.69) is 15.5 Å². The first-order valence-corrected chi connectivity index (χ1v) is 7.45. The Kier molecular flexibility index (Phi) is 5.06. The molecule has 2 heterocycles. The zero-order chi connectivity index (χ0) is 15.4. The van der Waals surface area contributed by atoms with Crippen molar-refractivity contribution in [2.75, 3.05) is 6.54 Å². The van der Waals surface area contributed by atoms with Crippen molar-refractivity contribution in [2.45, 2.75) is 58.5 Å². The molecule has 1 aliphatic heterocycles. The minimum atomic E-state index is -0.429. The number of amides is 2. The van der Waals surface area contributed by atoms with Gasteiger partial charge in [-0.1, -0.05) is 19.0 Å². The standard InChI is InChI=1S/C14H22N4O3/c1-4-10(5-2)18-13(19)8-11(14(18)20)15-7-6-12-16-9(3)17-21-12/h10-11,15H,4-8H2,1-3H3. The molecule has 1 fully saturated rings. The molecule has 1 aromatic rings. The Labute approximate surface area is 124 Å².